The Labute approximate surface area is 159 Å². The molecule has 6 nitrogen and oxygen atoms in total. The fourth-order valence-electron chi connectivity index (χ4n) is 2.42. The molecule has 0 spiro atoms. The average molecular weight is 389 g/mol. The summed E-state index contributed by atoms with van der Waals surface area (Å²) in [5.41, 5.74) is 1.62. The minimum atomic E-state index is -3.58. The van der Waals surface area contributed by atoms with Gasteiger partial charge >= 0.3 is 5.97 Å². The van der Waals surface area contributed by atoms with E-state index in [2.05, 4.69) is 26.1 Å². The molecule has 0 radical (unpaired) electrons. The zero-order chi connectivity index (χ0) is 20.2. The highest BCUT2D eigenvalue weighted by atomic mass is 32.2. The molecule has 0 aliphatic rings. The van der Waals surface area contributed by atoms with Crippen LogP contribution in [-0.4, -0.2) is 33.2 Å². The van der Waals surface area contributed by atoms with Gasteiger partial charge in [-0.1, -0.05) is 45.0 Å². The van der Waals surface area contributed by atoms with Gasteiger partial charge in [-0.05, 0) is 35.2 Å². The maximum absolute atomic E-state index is 12.2. The number of carbonyl (C=O) groups excluding carboxylic acids is 2. The van der Waals surface area contributed by atoms with Crippen LogP contribution in [0.15, 0.2) is 53.4 Å². The molecule has 0 unspecified atom stereocenters. The lowest BCUT2D eigenvalue weighted by Gasteiger charge is -2.19. The Hall–Kier alpha value is -2.67. The van der Waals surface area contributed by atoms with Gasteiger partial charge in [0.25, 0.3) is 5.91 Å². The summed E-state index contributed by atoms with van der Waals surface area (Å²) in [7, 11) is -3.58. The summed E-state index contributed by atoms with van der Waals surface area (Å²) in [4.78, 5) is 24.0. The van der Waals surface area contributed by atoms with Gasteiger partial charge in [0, 0.05) is 11.9 Å². The van der Waals surface area contributed by atoms with E-state index in [0.717, 1.165) is 11.8 Å². The normalized spacial score (nSPS) is 11.7. The molecule has 0 bridgehead atoms. The first-order valence-corrected chi connectivity index (χ1v) is 10.2. The number of rotatable bonds is 5. The Bertz CT molecular complexity index is 941. The highest BCUT2D eigenvalue weighted by Gasteiger charge is 2.20. The number of carbonyl (C=O) groups is 2. The van der Waals surface area contributed by atoms with Gasteiger partial charge in [0.15, 0.2) is 16.4 Å². The third-order valence-corrected chi connectivity index (χ3v) is 5.03. The van der Waals surface area contributed by atoms with Crippen molar-refractivity contribution in [1.82, 2.24) is 0 Å². The largest absolute Gasteiger partial charge is 0.452 e. The minimum Gasteiger partial charge on any atom is -0.452 e. The van der Waals surface area contributed by atoms with Gasteiger partial charge in [-0.3, -0.25) is 4.79 Å². The van der Waals surface area contributed by atoms with Crippen molar-refractivity contribution in [2.45, 2.75) is 31.1 Å². The maximum Gasteiger partial charge on any atom is 0.339 e. The van der Waals surface area contributed by atoms with Gasteiger partial charge < -0.3 is 10.1 Å². The van der Waals surface area contributed by atoms with Crippen LogP contribution in [0.3, 0.4) is 0 Å². The van der Waals surface area contributed by atoms with Crippen LogP contribution < -0.4 is 5.32 Å². The van der Waals surface area contributed by atoms with E-state index in [1.807, 2.05) is 12.1 Å². The van der Waals surface area contributed by atoms with Crippen LogP contribution in [-0.2, 0) is 24.8 Å². The number of anilines is 1. The second-order valence-electron chi connectivity index (χ2n) is 7.22. The van der Waals surface area contributed by atoms with Crippen LogP contribution in [0.25, 0.3) is 0 Å². The number of hydrogen-bond acceptors (Lipinski definition) is 5. The van der Waals surface area contributed by atoms with Crippen molar-refractivity contribution < 1.29 is 22.7 Å². The number of sulfone groups is 1. The van der Waals surface area contributed by atoms with Crippen molar-refractivity contribution in [3.63, 3.8) is 0 Å². The van der Waals surface area contributed by atoms with Crippen LogP contribution in [0.4, 0.5) is 5.69 Å². The number of esters is 1. The van der Waals surface area contributed by atoms with Crippen molar-refractivity contribution in [1.29, 1.82) is 0 Å². The van der Waals surface area contributed by atoms with Crippen LogP contribution in [0.2, 0.25) is 0 Å². The lowest BCUT2D eigenvalue weighted by atomic mass is 9.87. The van der Waals surface area contributed by atoms with Gasteiger partial charge in [0.1, 0.15) is 0 Å². The summed E-state index contributed by atoms with van der Waals surface area (Å²) in [6.45, 7) is 5.76. The van der Waals surface area contributed by atoms with Gasteiger partial charge in [-0.15, -0.1) is 0 Å². The lowest BCUT2D eigenvalue weighted by molar-refractivity contribution is -0.119. The Morgan fingerprint density at radius 1 is 1.00 bits per heavy atom. The van der Waals surface area contributed by atoms with E-state index < -0.39 is 28.3 Å². The molecule has 27 heavy (non-hydrogen) atoms. The predicted molar refractivity (Wildman–Crippen MR) is 104 cm³/mol. The molecule has 0 aliphatic heterocycles. The summed E-state index contributed by atoms with van der Waals surface area (Å²) in [6, 6.07) is 13.1. The molecular weight excluding hydrogens is 366 g/mol. The van der Waals surface area contributed by atoms with Crippen molar-refractivity contribution in [3.05, 3.63) is 59.7 Å². The fraction of sp³-hybridized carbons (Fsp3) is 0.300. The summed E-state index contributed by atoms with van der Waals surface area (Å²) in [5, 5.41) is 2.64. The van der Waals surface area contributed by atoms with Crippen molar-refractivity contribution in [2.75, 3.05) is 18.2 Å². The highest BCUT2D eigenvalue weighted by Crippen LogP contribution is 2.23. The fourth-order valence-corrected chi connectivity index (χ4v) is 3.29. The number of ether oxygens (including phenoxy) is 1. The highest BCUT2D eigenvalue weighted by molar-refractivity contribution is 7.90. The number of amides is 1. The third kappa shape index (κ3) is 5.65. The number of hydrogen-bond donors (Lipinski definition) is 1. The molecule has 0 heterocycles. The number of nitrogens with one attached hydrogen (secondary N) is 1. The second kappa shape index (κ2) is 7.92. The van der Waals surface area contributed by atoms with Gasteiger partial charge in [0.2, 0.25) is 0 Å². The van der Waals surface area contributed by atoms with E-state index in [0.29, 0.717) is 5.69 Å². The van der Waals surface area contributed by atoms with Crippen LogP contribution in [0.1, 0.15) is 36.7 Å². The SMILES string of the molecule is CC(C)(C)c1ccc(NC(=O)COC(=O)c2ccccc2S(C)(=O)=O)cc1. The molecule has 0 atom stereocenters. The Morgan fingerprint density at radius 3 is 2.15 bits per heavy atom. The Kier molecular flexibility index (Phi) is 6.05. The zero-order valence-electron chi connectivity index (χ0n) is 15.8. The summed E-state index contributed by atoms with van der Waals surface area (Å²) in [6.07, 6.45) is 1.01. The van der Waals surface area contributed by atoms with E-state index in [1.54, 1.807) is 12.1 Å². The molecule has 2 rings (SSSR count). The zero-order valence-corrected chi connectivity index (χ0v) is 16.6. The van der Waals surface area contributed by atoms with Crippen molar-refractivity contribution in [3.8, 4) is 0 Å². The molecule has 0 aliphatic carbocycles. The summed E-state index contributed by atoms with van der Waals surface area (Å²) < 4.78 is 28.5. The second-order valence-corrected chi connectivity index (χ2v) is 9.20. The molecule has 1 N–H and O–H groups in total. The van der Waals surface area contributed by atoms with E-state index in [9.17, 15) is 18.0 Å². The van der Waals surface area contributed by atoms with Crippen LogP contribution >= 0.6 is 0 Å². The molecule has 0 saturated carbocycles. The van der Waals surface area contributed by atoms with Crippen molar-refractivity contribution in [2.24, 2.45) is 0 Å². The summed E-state index contributed by atoms with van der Waals surface area (Å²) in [5.74, 6) is -1.38. The van der Waals surface area contributed by atoms with Crippen LogP contribution in [0.5, 0.6) is 0 Å². The first-order valence-electron chi connectivity index (χ1n) is 8.35. The van der Waals surface area contributed by atoms with E-state index >= 15 is 0 Å². The standard InChI is InChI=1S/C20H23NO5S/c1-20(2,3)14-9-11-15(12-10-14)21-18(22)13-26-19(23)16-7-5-6-8-17(16)27(4,24)25/h5-12H,13H2,1-4H3,(H,21,22). The Balaban J connectivity index is 1.99. The molecule has 144 valence electrons. The maximum atomic E-state index is 12.2. The molecule has 2 aromatic carbocycles. The Morgan fingerprint density at radius 2 is 1.59 bits per heavy atom. The molecule has 0 aromatic heterocycles. The third-order valence-electron chi connectivity index (χ3n) is 3.88. The average Bonchev–Trinajstić information content (AvgIpc) is 2.58. The minimum absolute atomic E-state index is 0.00503. The first-order chi connectivity index (χ1) is 12.5. The van der Waals surface area contributed by atoms with E-state index in [1.165, 1.54) is 24.3 Å². The molecule has 2 aromatic rings. The molecule has 1 amide bonds. The quantitative estimate of drug-likeness (QED) is 0.793. The molecule has 0 saturated heterocycles. The molecule has 0 fully saturated rings. The van der Waals surface area contributed by atoms with Crippen molar-refractivity contribution >= 4 is 27.4 Å². The van der Waals surface area contributed by atoms with E-state index in [4.69, 9.17) is 4.74 Å². The van der Waals surface area contributed by atoms with Gasteiger partial charge in [0.05, 0.1) is 10.5 Å². The molecular formula is C20H23NO5S. The number of benzene rings is 2. The predicted octanol–water partition coefficient (Wildman–Crippen LogP) is 3.18. The topological polar surface area (TPSA) is 89.5 Å². The first kappa shape index (κ1) is 20.6. The molecule has 7 heteroatoms. The lowest BCUT2D eigenvalue weighted by Crippen LogP contribution is -2.22. The van der Waals surface area contributed by atoms with Gasteiger partial charge in [-0.25, -0.2) is 13.2 Å². The van der Waals surface area contributed by atoms with Gasteiger partial charge in [-0.2, -0.15) is 0 Å². The smallest absolute Gasteiger partial charge is 0.339 e. The van der Waals surface area contributed by atoms with E-state index in [-0.39, 0.29) is 15.9 Å². The van der Waals surface area contributed by atoms with Crippen LogP contribution in [0, 0.1) is 0 Å². The summed E-state index contributed by atoms with van der Waals surface area (Å²) >= 11 is 0. The monoisotopic (exact) mass is 389 g/mol.